The van der Waals surface area contributed by atoms with E-state index in [0.29, 0.717) is 19.1 Å². The van der Waals surface area contributed by atoms with Crippen LogP contribution >= 0.6 is 0 Å². The molecule has 1 aliphatic heterocycles. The van der Waals surface area contributed by atoms with Crippen LogP contribution in [0.5, 0.6) is 0 Å². The summed E-state index contributed by atoms with van der Waals surface area (Å²) >= 11 is 0. The van der Waals surface area contributed by atoms with Crippen LogP contribution in [0.15, 0.2) is 0 Å². The van der Waals surface area contributed by atoms with Crippen LogP contribution in [0, 0.1) is 11.8 Å². The number of ether oxygens (including phenoxy) is 3. The Morgan fingerprint density at radius 3 is 2.60 bits per heavy atom. The molecule has 2 aliphatic rings. The zero-order valence-corrected chi connectivity index (χ0v) is 9.32. The zero-order chi connectivity index (χ0) is 10.9. The fourth-order valence-corrected chi connectivity index (χ4v) is 2.63. The van der Waals surface area contributed by atoms with Gasteiger partial charge in [0.25, 0.3) is 0 Å². The molecule has 0 aromatic rings. The highest BCUT2D eigenvalue weighted by Gasteiger charge is 2.51. The van der Waals surface area contributed by atoms with Crippen LogP contribution in [0.2, 0.25) is 0 Å². The first-order valence-electron chi connectivity index (χ1n) is 5.54. The minimum absolute atomic E-state index is 0.205. The summed E-state index contributed by atoms with van der Waals surface area (Å²) in [5, 5.41) is 0. The molecule has 86 valence electrons. The van der Waals surface area contributed by atoms with E-state index in [2.05, 4.69) is 6.92 Å². The van der Waals surface area contributed by atoms with Gasteiger partial charge in [0.1, 0.15) is 5.92 Å². The van der Waals surface area contributed by atoms with Gasteiger partial charge in [-0.15, -0.1) is 0 Å². The van der Waals surface area contributed by atoms with E-state index >= 15 is 0 Å². The lowest BCUT2D eigenvalue weighted by molar-refractivity contribution is -0.227. The van der Waals surface area contributed by atoms with Crippen LogP contribution in [-0.2, 0) is 19.0 Å². The van der Waals surface area contributed by atoms with Gasteiger partial charge in [-0.25, -0.2) is 0 Å². The molecule has 1 spiro atoms. The number of carbonyl (C=O) groups excluding carboxylic acids is 1. The third-order valence-corrected chi connectivity index (χ3v) is 3.37. The molecule has 0 aromatic carbocycles. The van der Waals surface area contributed by atoms with E-state index in [0.717, 1.165) is 19.3 Å². The Morgan fingerprint density at radius 2 is 2.00 bits per heavy atom. The molecule has 0 N–H and O–H groups in total. The third-order valence-electron chi connectivity index (χ3n) is 3.37. The smallest absolute Gasteiger partial charge is 0.314 e. The number of hydrogen-bond acceptors (Lipinski definition) is 4. The molecule has 4 nitrogen and oxygen atoms in total. The molecule has 1 saturated heterocycles. The molecule has 1 heterocycles. The third kappa shape index (κ3) is 1.88. The van der Waals surface area contributed by atoms with Gasteiger partial charge in [-0.1, -0.05) is 6.92 Å². The minimum Gasteiger partial charge on any atom is -0.469 e. The summed E-state index contributed by atoms with van der Waals surface area (Å²) in [6, 6.07) is 0. The number of hydrogen-bond donors (Lipinski definition) is 0. The maximum Gasteiger partial charge on any atom is 0.314 e. The Morgan fingerprint density at radius 1 is 1.33 bits per heavy atom. The molecule has 1 saturated carbocycles. The summed E-state index contributed by atoms with van der Waals surface area (Å²) in [5.41, 5.74) is 0. The van der Waals surface area contributed by atoms with Crippen molar-refractivity contribution in [3.8, 4) is 0 Å². The largest absolute Gasteiger partial charge is 0.469 e. The predicted octanol–water partition coefficient (Wildman–Crippen LogP) is 1.34. The highest BCUT2D eigenvalue weighted by atomic mass is 16.7. The Balaban J connectivity index is 2.16. The van der Waals surface area contributed by atoms with Gasteiger partial charge in [-0.3, -0.25) is 4.79 Å². The van der Waals surface area contributed by atoms with Gasteiger partial charge in [0, 0.05) is 6.42 Å². The summed E-state index contributed by atoms with van der Waals surface area (Å²) in [6.45, 7) is 3.33. The van der Waals surface area contributed by atoms with E-state index in [1.807, 2.05) is 0 Å². The normalized spacial score (nSPS) is 34.3. The number of esters is 1. The molecule has 2 rings (SSSR count). The van der Waals surface area contributed by atoms with Crippen LogP contribution in [0.4, 0.5) is 0 Å². The van der Waals surface area contributed by atoms with Gasteiger partial charge in [-0.2, -0.15) is 0 Å². The second-order valence-corrected chi connectivity index (χ2v) is 4.47. The first-order valence-corrected chi connectivity index (χ1v) is 5.54. The van der Waals surface area contributed by atoms with E-state index < -0.39 is 5.79 Å². The van der Waals surface area contributed by atoms with Crippen molar-refractivity contribution in [1.82, 2.24) is 0 Å². The second-order valence-electron chi connectivity index (χ2n) is 4.47. The van der Waals surface area contributed by atoms with Gasteiger partial charge in [0.05, 0.1) is 20.3 Å². The Hall–Kier alpha value is -0.610. The highest BCUT2D eigenvalue weighted by molar-refractivity contribution is 5.73. The van der Waals surface area contributed by atoms with Crippen LogP contribution in [-0.4, -0.2) is 32.1 Å². The number of carbonyl (C=O) groups is 1. The van der Waals surface area contributed by atoms with E-state index in [4.69, 9.17) is 14.2 Å². The van der Waals surface area contributed by atoms with E-state index in [9.17, 15) is 4.79 Å². The van der Waals surface area contributed by atoms with Crippen molar-refractivity contribution >= 4 is 5.97 Å². The maximum atomic E-state index is 11.7. The Kier molecular flexibility index (Phi) is 2.98. The molecule has 4 heteroatoms. The molecule has 0 radical (unpaired) electrons. The van der Waals surface area contributed by atoms with Crippen molar-refractivity contribution in [2.45, 2.75) is 32.0 Å². The summed E-state index contributed by atoms with van der Waals surface area (Å²) in [4.78, 5) is 11.7. The van der Waals surface area contributed by atoms with Crippen molar-refractivity contribution in [3.05, 3.63) is 0 Å². The number of methoxy groups -OCH3 is 1. The van der Waals surface area contributed by atoms with Crippen molar-refractivity contribution in [2.75, 3.05) is 20.3 Å². The Labute approximate surface area is 89.9 Å². The van der Waals surface area contributed by atoms with E-state index in [-0.39, 0.29) is 11.9 Å². The molecule has 15 heavy (non-hydrogen) atoms. The molecule has 2 unspecified atom stereocenters. The van der Waals surface area contributed by atoms with Gasteiger partial charge >= 0.3 is 5.97 Å². The fourth-order valence-electron chi connectivity index (χ4n) is 2.63. The summed E-state index contributed by atoms with van der Waals surface area (Å²) in [5.74, 6) is -0.598. The molecule has 0 amide bonds. The van der Waals surface area contributed by atoms with Gasteiger partial charge < -0.3 is 14.2 Å². The summed E-state index contributed by atoms with van der Waals surface area (Å²) < 4.78 is 16.1. The van der Waals surface area contributed by atoms with E-state index in [1.54, 1.807) is 0 Å². The number of rotatable bonds is 1. The van der Waals surface area contributed by atoms with Crippen LogP contribution < -0.4 is 0 Å². The molecular weight excluding hydrogens is 196 g/mol. The fraction of sp³-hybridized carbons (Fsp3) is 0.909. The first-order chi connectivity index (χ1) is 7.18. The van der Waals surface area contributed by atoms with Crippen molar-refractivity contribution in [2.24, 2.45) is 11.8 Å². The van der Waals surface area contributed by atoms with Gasteiger partial charge in [-0.05, 0) is 18.8 Å². The molecule has 0 aromatic heterocycles. The standard InChI is InChI=1S/C11H18O4/c1-8-3-4-9(10(12)13-2)11(7-8)14-5-6-15-11/h8-9H,3-7H2,1-2H3. The zero-order valence-electron chi connectivity index (χ0n) is 9.32. The monoisotopic (exact) mass is 214 g/mol. The van der Waals surface area contributed by atoms with E-state index in [1.165, 1.54) is 7.11 Å². The molecule has 2 atom stereocenters. The molecule has 0 bridgehead atoms. The lowest BCUT2D eigenvalue weighted by Crippen LogP contribution is -2.48. The molecule has 1 aliphatic carbocycles. The van der Waals surface area contributed by atoms with Crippen LogP contribution in [0.25, 0.3) is 0 Å². The van der Waals surface area contributed by atoms with Crippen LogP contribution in [0.1, 0.15) is 26.2 Å². The average molecular weight is 214 g/mol. The van der Waals surface area contributed by atoms with Gasteiger partial charge in [0.2, 0.25) is 0 Å². The lowest BCUT2D eigenvalue weighted by atomic mass is 9.78. The Bertz CT molecular complexity index is 245. The van der Waals surface area contributed by atoms with Crippen molar-refractivity contribution < 1.29 is 19.0 Å². The van der Waals surface area contributed by atoms with Crippen molar-refractivity contribution in [1.29, 1.82) is 0 Å². The molecular formula is C11H18O4. The predicted molar refractivity (Wildman–Crippen MR) is 53.2 cm³/mol. The highest BCUT2D eigenvalue weighted by Crippen LogP contribution is 2.43. The summed E-state index contributed by atoms with van der Waals surface area (Å²) in [7, 11) is 1.42. The maximum absolute atomic E-state index is 11.7. The second kappa shape index (κ2) is 4.10. The minimum atomic E-state index is -0.690. The van der Waals surface area contributed by atoms with Crippen LogP contribution in [0.3, 0.4) is 0 Å². The lowest BCUT2D eigenvalue weighted by Gasteiger charge is -2.40. The molecule has 2 fully saturated rings. The summed E-state index contributed by atoms with van der Waals surface area (Å²) in [6.07, 6.45) is 2.63. The SMILES string of the molecule is COC(=O)C1CCC(C)CC12OCCO2. The van der Waals surface area contributed by atoms with Gasteiger partial charge in [0.15, 0.2) is 5.79 Å². The average Bonchev–Trinajstić information content (AvgIpc) is 2.66. The quantitative estimate of drug-likeness (QED) is 0.618. The van der Waals surface area contributed by atoms with Crippen molar-refractivity contribution in [3.63, 3.8) is 0 Å². The first kappa shape index (κ1) is 10.9. The topological polar surface area (TPSA) is 44.8 Å².